The van der Waals surface area contributed by atoms with E-state index in [2.05, 4.69) is 25.2 Å². The summed E-state index contributed by atoms with van der Waals surface area (Å²) >= 11 is 0. The molecule has 0 spiro atoms. The third-order valence-corrected chi connectivity index (χ3v) is 3.05. The van der Waals surface area contributed by atoms with Gasteiger partial charge in [0.15, 0.2) is 5.96 Å². The van der Waals surface area contributed by atoms with Crippen LogP contribution in [0.4, 0.5) is 13.2 Å². The third-order valence-electron chi connectivity index (χ3n) is 3.05. The standard InChI is InChI=1S/C14H24F3N5.HI/c1-3-18-13(21-8-6-14(15,16)17)20-7-4-5-10-22-11-9-19-12(22)2;/h9,11H,3-8,10H2,1-2H3,(H2,18,20,21);1H. The fourth-order valence-corrected chi connectivity index (χ4v) is 1.89. The Hall–Kier alpha value is -1.00. The number of nitrogens with one attached hydrogen (secondary N) is 2. The molecule has 0 fully saturated rings. The van der Waals surface area contributed by atoms with Gasteiger partial charge in [-0.1, -0.05) is 0 Å². The van der Waals surface area contributed by atoms with Gasteiger partial charge < -0.3 is 15.2 Å². The average molecular weight is 447 g/mol. The lowest BCUT2D eigenvalue weighted by Crippen LogP contribution is -2.39. The van der Waals surface area contributed by atoms with Gasteiger partial charge in [-0.05, 0) is 26.7 Å². The quantitative estimate of drug-likeness (QED) is 0.279. The first-order valence-corrected chi connectivity index (χ1v) is 7.49. The van der Waals surface area contributed by atoms with Gasteiger partial charge in [0.1, 0.15) is 5.82 Å². The summed E-state index contributed by atoms with van der Waals surface area (Å²) in [5.41, 5.74) is 0. The van der Waals surface area contributed by atoms with E-state index in [0.29, 0.717) is 19.0 Å². The molecule has 23 heavy (non-hydrogen) atoms. The van der Waals surface area contributed by atoms with Crippen LogP contribution in [0.25, 0.3) is 0 Å². The molecule has 0 saturated carbocycles. The summed E-state index contributed by atoms with van der Waals surface area (Å²) in [6, 6.07) is 0. The van der Waals surface area contributed by atoms with Crippen molar-refractivity contribution in [2.75, 3.05) is 19.6 Å². The second-order valence-electron chi connectivity index (χ2n) is 4.93. The molecule has 134 valence electrons. The molecule has 1 aromatic heterocycles. The number of hydrogen-bond donors (Lipinski definition) is 2. The molecule has 0 saturated heterocycles. The maximum atomic E-state index is 12.1. The Bertz CT molecular complexity index is 460. The maximum absolute atomic E-state index is 12.1. The van der Waals surface area contributed by atoms with Crippen LogP contribution in [-0.2, 0) is 6.54 Å². The molecule has 2 N–H and O–H groups in total. The Morgan fingerprint density at radius 3 is 2.61 bits per heavy atom. The Labute approximate surface area is 152 Å². The SMILES string of the molecule is CCNC(=NCCCCn1ccnc1C)NCCC(F)(F)F.I. The average Bonchev–Trinajstić information content (AvgIpc) is 2.82. The molecule has 1 aromatic rings. The largest absolute Gasteiger partial charge is 0.390 e. The van der Waals surface area contributed by atoms with Crippen LogP contribution in [0.15, 0.2) is 17.4 Å². The molecule has 0 bridgehead atoms. The fraction of sp³-hybridized carbons (Fsp3) is 0.714. The van der Waals surface area contributed by atoms with Crippen LogP contribution in [0.5, 0.6) is 0 Å². The minimum absolute atomic E-state index is 0. The first kappa shape index (κ1) is 22.0. The van der Waals surface area contributed by atoms with Crippen LogP contribution < -0.4 is 10.6 Å². The minimum atomic E-state index is -4.15. The molecule has 0 aliphatic heterocycles. The molecule has 0 unspecified atom stereocenters. The highest BCUT2D eigenvalue weighted by atomic mass is 127. The number of rotatable bonds is 8. The monoisotopic (exact) mass is 447 g/mol. The van der Waals surface area contributed by atoms with Crippen LogP contribution >= 0.6 is 24.0 Å². The summed E-state index contributed by atoms with van der Waals surface area (Å²) in [6.45, 7) is 5.74. The van der Waals surface area contributed by atoms with Gasteiger partial charge in [-0.15, -0.1) is 24.0 Å². The van der Waals surface area contributed by atoms with E-state index in [9.17, 15) is 13.2 Å². The molecule has 0 radical (unpaired) electrons. The number of aliphatic imine (C=N–C) groups is 1. The predicted octanol–water partition coefficient (Wildman–Crippen LogP) is 3.10. The molecular weight excluding hydrogens is 422 g/mol. The van der Waals surface area contributed by atoms with Crippen molar-refractivity contribution in [3.8, 4) is 0 Å². The summed E-state index contributed by atoms with van der Waals surface area (Å²) in [4.78, 5) is 8.42. The number of alkyl halides is 3. The topological polar surface area (TPSA) is 54.2 Å². The van der Waals surface area contributed by atoms with Crippen LogP contribution in [-0.4, -0.2) is 41.3 Å². The molecular formula is C14H25F3IN5. The molecule has 0 aliphatic rings. The number of guanidine groups is 1. The van der Waals surface area contributed by atoms with E-state index in [-0.39, 0.29) is 30.5 Å². The van der Waals surface area contributed by atoms with Crippen molar-refractivity contribution in [2.45, 2.75) is 45.8 Å². The van der Waals surface area contributed by atoms with Crippen molar-refractivity contribution in [2.24, 2.45) is 4.99 Å². The van der Waals surface area contributed by atoms with E-state index < -0.39 is 12.6 Å². The number of aryl methyl sites for hydroxylation is 2. The zero-order valence-electron chi connectivity index (χ0n) is 13.5. The third kappa shape index (κ3) is 10.4. The van der Waals surface area contributed by atoms with Crippen LogP contribution in [0.1, 0.15) is 32.0 Å². The van der Waals surface area contributed by atoms with Gasteiger partial charge in [0.25, 0.3) is 0 Å². The highest BCUT2D eigenvalue weighted by Gasteiger charge is 2.26. The van der Waals surface area contributed by atoms with Crippen molar-refractivity contribution in [1.29, 1.82) is 0 Å². The van der Waals surface area contributed by atoms with E-state index in [1.54, 1.807) is 6.20 Å². The van der Waals surface area contributed by atoms with E-state index in [1.807, 2.05) is 20.0 Å². The van der Waals surface area contributed by atoms with Crippen molar-refractivity contribution in [1.82, 2.24) is 20.2 Å². The summed E-state index contributed by atoms with van der Waals surface area (Å²) in [7, 11) is 0. The van der Waals surface area contributed by atoms with Crippen LogP contribution in [0.3, 0.4) is 0 Å². The van der Waals surface area contributed by atoms with Gasteiger partial charge in [0, 0.05) is 38.6 Å². The van der Waals surface area contributed by atoms with E-state index in [1.165, 1.54) is 0 Å². The van der Waals surface area contributed by atoms with Crippen LogP contribution in [0, 0.1) is 6.92 Å². The zero-order valence-corrected chi connectivity index (χ0v) is 15.8. The summed E-state index contributed by atoms with van der Waals surface area (Å²) in [5.74, 6) is 1.41. The lowest BCUT2D eigenvalue weighted by atomic mass is 10.3. The lowest BCUT2D eigenvalue weighted by Gasteiger charge is -2.12. The molecule has 0 amide bonds. The molecule has 9 heteroatoms. The number of aromatic nitrogens is 2. The highest BCUT2D eigenvalue weighted by molar-refractivity contribution is 14.0. The number of hydrogen-bond acceptors (Lipinski definition) is 2. The number of nitrogens with zero attached hydrogens (tertiary/aromatic N) is 3. The fourth-order valence-electron chi connectivity index (χ4n) is 1.89. The second-order valence-corrected chi connectivity index (χ2v) is 4.93. The smallest absolute Gasteiger partial charge is 0.357 e. The first-order chi connectivity index (χ1) is 10.4. The molecule has 0 aliphatic carbocycles. The van der Waals surface area contributed by atoms with Crippen molar-refractivity contribution in [3.63, 3.8) is 0 Å². The lowest BCUT2D eigenvalue weighted by molar-refractivity contribution is -0.132. The number of imidazole rings is 1. The maximum Gasteiger partial charge on any atom is 0.390 e. The Morgan fingerprint density at radius 1 is 1.30 bits per heavy atom. The summed E-state index contributed by atoms with van der Waals surface area (Å²) in [5, 5.41) is 5.63. The van der Waals surface area contributed by atoms with E-state index in [0.717, 1.165) is 25.2 Å². The predicted molar refractivity (Wildman–Crippen MR) is 96.3 cm³/mol. The minimum Gasteiger partial charge on any atom is -0.357 e. The highest BCUT2D eigenvalue weighted by Crippen LogP contribution is 2.17. The Balaban J connectivity index is 0.00000484. The zero-order chi connectivity index (χ0) is 16.4. The van der Waals surface area contributed by atoms with Gasteiger partial charge in [-0.2, -0.15) is 13.2 Å². The van der Waals surface area contributed by atoms with Crippen LogP contribution in [0.2, 0.25) is 0 Å². The Kier molecular flexibility index (Phi) is 11.0. The molecule has 0 atom stereocenters. The molecule has 0 aromatic carbocycles. The van der Waals surface area contributed by atoms with Gasteiger partial charge in [0.2, 0.25) is 0 Å². The summed E-state index contributed by atoms with van der Waals surface area (Å²) in [6.07, 6.45) is 0.503. The second kappa shape index (κ2) is 11.5. The first-order valence-electron chi connectivity index (χ1n) is 7.49. The molecule has 5 nitrogen and oxygen atoms in total. The normalized spacial score (nSPS) is 12.0. The van der Waals surface area contributed by atoms with E-state index >= 15 is 0 Å². The van der Waals surface area contributed by atoms with Crippen molar-refractivity contribution >= 4 is 29.9 Å². The van der Waals surface area contributed by atoms with Gasteiger partial charge in [-0.25, -0.2) is 4.98 Å². The molecule has 1 rings (SSSR count). The molecule has 1 heterocycles. The van der Waals surface area contributed by atoms with Crippen molar-refractivity contribution in [3.05, 3.63) is 18.2 Å². The van der Waals surface area contributed by atoms with Gasteiger partial charge in [0.05, 0.1) is 6.42 Å². The number of halogens is 4. The van der Waals surface area contributed by atoms with E-state index in [4.69, 9.17) is 0 Å². The number of unbranched alkanes of at least 4 members (excludes halogenated alkanes) is 1. The Morgan fingerprint density at radius 2 is 2.04 bits per heavy atom. The summed E-state index contributed by atoms with van der Waals surface area (Å²) < 4.78 is 38.4. The van der Waals surface area contributed by atoms with Gasteiger partial charge >= 0.3 is 6.18 Å². The van der Waals surface area contributed by atoms with Gasteiger partial charge in [-0.3, -0.25) is 4.99 Å². The van der Waals surface area contributed by atoms with Crippen molar-refractivity contribution < 1.29 is 13.2 Å².